The van der Waals surface area contributed by atoms with Gasteiger partial charge in [-0.3, -0.25) is 4.79 Å². The van der Waals surface area contributed by atoms with Crippen molar-refractivity contribution in [2.24, 2.45) is 0 Å². The summed E-state index contributed by atoms with van der Waals surface area (Å²) in [5.41, 5.74) is 1.65. The van der Waals surface area contributed by atoms with Crippen LogP contribution < -0.4 is 10.2 Å². The van der Waals surface area contributed by atoms with Crippen molar-refractivity contribution >= 4 is 21.9 Å². The summed E-state index contributed by atoms with van der Waals surface area (Å²) in [7, 11) is 1.58. The van der Waals surface area contributed by atoms with E-state index < -0.39 is 0 Å². The van der Waals surface area contributed by atoms with Gasteiger partial charge in [-0.2, -0.15) is 0 Å². The van der Waals surface area contributed by atoms with Gasteiger partial charge >= 0.3 is 0 Å². The van der Waals surface area contributed by atoms with Crippen LogP contribution in [0.3, 0.4) is 0 Å². The summed E-state index contributed by atoms with van der Waals surface area (Å²) in [6, 6.07) is 14.5. The molecule has 0 aliphatic carbocycles. The van der Waals surface area contributed by atoms with E-state index in [1.165, 1.54) is 12.3 Å². The Labute approximate surface area is 125 Å². The van der Waals surface area contributed by atoms with Crippen LogP contribution in [0, 0.1) is 0 Å². The van der Waals surface area contributed by atoms with Crippen molar-refractivity contribution in [2.45, 2.75) is 0 Å². The standard InChI is InChI=1S/C18H12O4/c1-20-15-10-16-17(18-12(15)7-8-21-18)13(19)9-14(22-16)11-5-3-2-4-6-11/h2-10H,1H3. The first-order valence-corrected chi connectivity index (χ1v) is 6.85. The lowest BCUT2D eigenvalue weighted by Gasteiger charge is -2.06. The number of methoxy groups -OCH3 is 1. The third kappa shape index (κ3) is 1.81. The van der Waals surface area contributed by atoms with E-state index in [4.69, 9.17) is 13.6 Å². The van der Waals surface area contributed by atoms with Crippen molar-refractivity contribution in [1.29, 1.82) is 0 Å². The predicted molar refractivity (Wildman–Crippen MR) is 84.2 cm³/mol. The number of rotatable bonds is 2. The molecule has 4 aromatic rings. The van der Waals surface area contributed by atoms with Gasteiger partial charge < -0.3 is 13.6 Å². The highest BCUT2D eigenvalue weighted by Crippen LogP contribution is 2.34. The van der Waals surface area contributed by atoms with Gasteiger partial charge in [-0.05, 0) is 6.07 Å². The Balaban J connectivity index is 2.10. The summed E-state index contributed by atoms with van der Waals surface area (Å²) in [6.45, 7) is 0. The molecule has 2 aromatic carbocycles. The van der Waals surface area contributed by atoms with Crippen molar-refractivity contribution in [3.8, 4) is 17.1 Å². The SMILES string of the molecule is COc1cc2oc(-c3ccccc3)cc(=O)c2c2occc12. The van der Waals surface area contributed by atoms with Gasteiger partial charge in [0.05, 0.1) is 18.8 Å². The molecule has 0 amide bonds. The van der Waals surface area contributed by atoms with Crippen LogP contribution in [0.15, 0.2) is 68.4 Å². The second kappa shape index (κ2) is 4.77. The van der Waals surface area contributed by atoms with E-state index in [1.807, 2.05) is 30.3 Å². The van der Waals surface area contributed by atoms with Crippen LogP contribution in [-0.4, -0.2) is 7.11 Å². The normalized spacial score (nSPS) is 11.1. The first-order chi connectivity index (χ1) is 10.8. The fraction of sp³-hybridized carbons (Fsp3) is 0.0556. The van der Waals surface area contributed by atoms with Gasteiger partial charge in [0.15, 0.2) is 11.0 Å². The van der Waals surface area contributed by atoms with Crippen LogP contribution >= 0.6 is 0 Å². The summed E-state index contributed by atoms with van der Waals surface area (Å²) >= 11 is 0. The average molecular weight is 292 g/mol. The Bertz CT molecular complexity index is 1030. The number of furan rings is 1. The Hall–Kier alpha value is -3.01. The molecular formula is C18H12O4. The Morgan fingerprint density at radius 3 is 2.64 bits per heavy atom. The van der Waals surface area contributed by atoms with E-state index >= 15 is 0 Å². The van der Waals surface area contributed by atoms with E-state index in [0.717, 1.165) is 10.9 Å². The van der Waals surface area contributed by atoms with E-state index in [2.05, 4.69) is 0 Å². The Morgan fingerprint density at radius 2 is 1.86 bits per heavy atom. The Kier molecular flexibility index (Phi) is 2.76. The predicted octanol–water partition coefficient (Wildman–Crippen LogP) is 4.21. The van der Waals surface area contributed by atoms with Crippen molar-refractivity contribution in [1.82, 2.24) is 0 Å². The summed E-state index contributed by atoms with van der Waals surface area (Å²) in [5.74, 6) is 1.13. The third-order valence-electron chi connectivity index (χ3n) is 3.67. The zero-order valence-corrected chi connectivity index (χ0v) is 11.8. The van der Waals surface area contributed by atoms with Gasteiger partial charge in [0, 0.05) is 17.7 Å². The van der Waals surface area contributed by atoms with Crippen molar-refractivity contribution < 1.29 is 13.6 Å². The van der Waals surface area contributed by atoms with Gasteiger partial charge in [-0.15, -0.1) is 0 Å². The van der Waals surface area contributed by atoms with Crippen molar-refractivity contribution in [3.05, 3.63) is 65.0 Å². The lowest BCUT2D eigenvalue weighted by atomic mass is 10.1. The molecule has 0 radical (unpaired) electrons. The monoisotopic (exact) mass is 292 g/mol. The molecule has 22 heavy (non-hydrogen) atoms. The first-order valence-electron chi connectivity index (χ1n) is 6.85. The molecule has 0 unspecified atom stereocenters. The summed E-state index contributed by atoms with van der Waals surface area (Å²) in [6.07, 6.45) is 1.54. The zero-order chi connectivity index (χ0) is 15.1. The van der Waals surface area contributed by atoms with Crippen LogP contribution in [0.1, 0.15) is 0 Å². The third-order valence-corrected chi connectivity index (χ3v) is 3.67. The van der Waals surface area contributed by atoms with E-state index in [-0.39, 0.29) is 5.43 Å². The Morgan fingerprint density at radius 1 is 1.05 bits per heavy atom. The molecule has 0 saturated carbocycles. The minimum atomic E-state index is -0.136. The number of fused-ring (bicyclic) bond motifs is 3. The average Bonchev–Trinajstić information content (AvgIpc) is 3.03. The highest BCUT2D eigenvalue weighted by molar-refractivity contribution is 6.05. The summed E-state index contributed by atoms with van der Waals surface area (Å²) in [5, 5.41) is 1.19. The maximum absolute atomic E-state index is 12.5. The molecule has 0 fully saturated rings. The minimum Gasteiger partial charge on any atom is -0.496 e. The van der Waals surface area contributed by atoms with Crippen molar-refractivity contribution in [3.63, 3.8) is 0 Å². The molecule has 0 aliphatic heterocycles. The lowest BCUT2D eigenvalue weighted by Crippen LogP contribution is -2.01. The molecule has 4 heteroatoms. The molecule has 4 nitrogen and oxygen atoms in total. The maximum atomic E-state index is 12.5. The minimum absolute atomic E-state index is 0.136. The molecule has 0 N–H and O–H groups in total. The molecule has 0 bridgehead atoms. The highest BCUT2D eigenvalue weighted by atomic mass is 16.5. The molecule has 0 saturated heterocycles. The van der Waals surface area contributed by atoms with Gasteiger partial charge in [0.25, 0.3) is 0 Å². The smallest absolute Gasteiger partial charge is 0.197 e. The van der Waals surface area contributed by atoms with Crippen LogP contribution in [0.4, 0.5) is 0 Å². The van der Waals surface area contributed by atoms with Crippen LogP contribution in [-0.2, 0) is 0 Å². The van der Waals surface area contributed by atoms with E-state index in [0.29, 0.717) is 28.1 Å². The highest BCUT2D eigenvalue weighted by Gasteiger charge is 2.15. The molecule has 2 aromatic heterocycles. The molecule has 4 rings (SSSR count). The fourth-order valence-electron chi connectivity index (χ4n) is 2.64. The second-order valence-electron chi connectivity index (χ2n) is 4.96. The van der Waals surface area contributed by atoms with Gasteiger partial charge in [-0.1, -0.05) is 30.3 Å². The first kappa shape index (κ1) is 12.7. The quantitative estimate of drug-likeness (QED) is 0.555. The largest absolute Gasteiger partial charge is 0.496 e. The van der Waals surface area contributed by atoms with E-state index in [9.17, 15) is 4.79 Å². The van der Waals surface area contributed by atoms with E-state index in [1.54, 1.807) is 19.2 Å². The number of ether oxygens (including phenoxy) is 1. The molecule has 2 heterocycles. The van der Waals surface area contributed by atoms with Gasteiger partial charge in [0.1, 0.15) is 22.5 Å². The fourth-order valence-corrected chi connectivity index (χ4v) is 2.64. The van der Waals surface area contributed by atoms with Gasteiger partial charge in [0.2, 0.25) is 0 Å². The molecule has 108 valence electrons. The summed E-state index contributed by atoms with van der Waals surface area (Å²) < 4.78 is 16.7. The lowest BCUT2D eigenvalue weighted by molar-refractivity contribution is 0.419. The number of hydrogen-bond acceptors (Lipinski definition) is 4. The topological polar surface area (TPSA) is 52.6 Å². The van der Waals surface area contributed by atoms with Crippen LogP contribution in [0.5, 0.6) is 5.75 Å². The molecule has 0 spiro atoms. The number of hydrogen-bond donors (Lipinski definition) is 0. The molecule has 0 aliphatic rings. The maximum Gasteiger partial charge on any atom is 0.197 e. The zero-order valence-electron chi connectivity index (χ0n) is 11.8. The second-order valence-corrected chi connectivity index (χ2v) is 4.96. The van der Waals surface area contributed by atoms with Crippen molar-refractivity contribution in [2.75, 3.05) is 7.11 Å². The van der Waals surface area contributed by atoms with Gasteiger partial charge in [-0.25, -0.2) is 0 Å². The number of benzene rings is 2. The molecule has 0 atom stereocenters. The molecular weight excluding hydrogens is 280 g/mol. The van der Waals surface area contributed by atoms with Crippen LogP contribution in [0.25, 0.3) is 33.3 Å². The van der Waals surface area contributed by atoms with Crippen LogP contribution in [0.2, 0.25) is 0 Å². The summed E-state index contributed by atoms with van der Waals surface area (Å²) in [4.78, 5) is 12.5.